The fraction of sp³-hybridized carbons (Fsp3) is 0.286. The normalized spacial score (nSPS) is 10.6. The summed E-state index contributed by atoms with van der Waals surface area (Å²) >= 11 is 0. The Balaban J connectivity index is 2.70. The largest absolute Gasteiger partial charge is 0.462 e. The molecule has 0 atom stereocenters. The fourth-order valence-corrected chi connectivity index (χ4v) is 1.98. The number of fused-ring (bicyclic) bond motifs is 1. The van der Waals surface area contributed by atoms with Crippen LogP contribution in [0, 0.1) is 0 Å². The molecule has 2 rings (SSSR count). The molecule has 100 valence electrons. The first-order valence-electron chi connectivity index (χ1n) is 6.11. The van der Waals surface area contributed by atoms with E-state index in [4.69, 9.17) is 10.5 Å². The van der Waals surface area contributed by atoms with E-state index in [9.17, 15) is 9.59 Å². The minimum atomic E-state index is -0.494. The number of nitrogens with zero attached hydrogens (tertiary/aromatic N) is 1. The third-order valence-corrected chi connectivity index (χ3v) is 2.95. The molecule has 2 aromatic rings. The molecule has 0 aliphatic heterocycles. The number of hydrogen-bond donors (Lipinski definition) is 1. The Hall–Kier alpha value is -2.30. The third-order valence-electron chi connectivity index (χ3n) is 2.95. The Morgan fingerprint density at radius 3 is 2.68 bits per heavy atom. The molecule has 0 aliphatic carbocycles. The predicted molar refractivity (Wildman–Crippen MR) is 74.2 cm³/mol. The van der Waals surface area contributed by atoms with Gasteiger partial charge >= 0.3 is 5.97 Å². The molecule has 0 spiro atoms. The number of nitrogens with two attached hydrogens (primary N) is 1. The molecule has 0 unspecified atom stereocenters. The Bertz CT molecular complexity index is 689. The van der Waals surface area contributed by atoms with Crippen molar-refractivity contribution in [1.82, 2.24) is 4.57 Å². The second kappa shape index (κ2) is 5.14. The van der Waals surface area contributed by atoms with Crippen LogP contribution < -0.4 is 11.3 Å². The maximum Gasteiger partial charge on any atom is 0.342 e. The van der Waals surface area contributed by atoms with Crippen LogP contribution in [0.5, 0.6) is 0 Å². The SMILES string of the molecule is CCCOC(=O)c1c(N)ccc2ccc(=O)n(C)c12. The van der Waals surface area contributed by atoms with E-state index in [-0.39, 0.29) is 11.1 Å². The molecule has 5 heteroatoms. The van der Waals surface area contributed by atoms with Crippen LogP contribution in [0.3, 0.4) is 0 Å². The van der Waals surface area contributed by atoms with Gasteiger partial charge in [0.25, 0.3) is 5.56 Å². The molecule has 0 aliphatic rings. The van der Waals surface area contributed by atoms with Crippen molar-refractivity contribution in [2.24, 2.45) is 7.05 Å². The van der Waals surface area contributed by atoms with E-state index in [1.54, 1.807) is 25.2 Å². The number of anilines is 1. The average molecular weight is 260 g/mol. The minimum Gasteiger partial charge on any atom is -0.462 e. The molecule has 0 bridgehead atoms. The molecule has 0 saturated carbocycles. The van der Waals surface area contributed by atoms with E-state index >= 15 is 0 Å². The van der Waals surface area contributed by atoms with Crippen molar-refractivity contribution in [2.75, 3.05) is 12.3 Å². The van der Waals surface area contributed by atoms with Gasteiger partial charge in [-0.05, 0) is 23.9 Å². The highest BCUT2D eigenvalue weighted by atomic mass is 16.5. The van der Waals surface area contributed by atoms with E-state index in [1.165, 1.54) is 10.6 Å². The van der Waals surface area contributed by atoms with Crippen LogP contribution in [0.4, 0.5) is 5.69 Å². The maximum atomic E-state index is 12.1. The van der Waals surface area contributed by atoms with Gasteiger partial charge in [0, 0.05) is 18.8 Å². The van der Waals surface area contributed by atoms with Gasteiger partial charge in [-0.15, -0.1) is 0 Å². The molecule has 1 heterocycles. The van der Waals surface area contributed by atoms with E-state index in [2.05, 4.69) is 0 Å². The number of carbonyl (C=O) groups is 1. The zero-order valence-electron chi connectivity index (χ0n) is 11.0. The van der Waals surface area contributed by atoms with Gasteiger partial charge in [0.1, 0.15) is 5.56 Å². The van der Waals surface area contributed by atoms with Crippen LogP contribution in [0.15, 0.2) is 29.1 Å². The number of aromatic nitrogens is 1. The Morgan fingerprint density at radius 2 is 2.00 bits per heavy atom. The number of carbonyl (C=O) groups excluding carboxylic acids is 1. The van der Waals surface area contributed by atoms with Crippen molar-refractivity contribution in [3.63, 3.8) is 0 Å². The lowest BCUT2D eigenvalue weighted by Gasteiger charge is -2.12. The molecule has 0 radical (unpaired) electrons. The summed E-state index contributed by atoms with van der Waals surface area (Å²) in [5, 5.41) is 0.778. The van der Waals surface area contributed by atoms with Crippen molar-refractivity contribution in [2.45, 2.75) is 13.3 Å². The van der Waals surface area contributed by atoms with Gasteiger partial charge in [-0.1, -0.05) is 13.0 Å². The molecule has 0 amide bonds. The standard InChI is InChI=1S/C14H16N2O3/c1-3-8-19-14(18)12-10(15)6-4-9-5-7-11(17)16(2)13(9)12/h4-7H,3,8,15H2,1-2H3. The molecule has 2 N–H and O–H groups in total. The van der Waals surface area contributed by atoms with Crippen molar-refractivity contribution in [3.8, 4) is 0 Å². The molecular formula is C14H16N2O3. The summed E-state index contributed by atoms with van der Waals surface area (Å²) in [4.78, 5) is 23.8. The third kappa shape index (κ3) is 2.31. The van der Waals surface area contributed by atoms with E-state index in [0.717, 1.165) is 11.8 Å². The van der Waals surface area contributed by atoms with Crippen LogP contribution in [-0.2, 0) is 11.8 Å². The number of nitrogen functional groups attached to an aromatic ring is 1. The summed E-state index contributed by atoms with van der Waals surface area (Å²) < 4.78 is 6.54. The van der Waals surface area contributed by atoms with Crippen LogP contribution in [0.25, 0.3) is 10.9 Å². The first-order valence-corrected chi connectivity index (χ1v) is 6.11. The molecule has 0 fully saturated rings. The van der Waals surface area contributed by atoms with Gasteiger partial charge < -0.3 is 15.0 Å². The monoisotopic (exact) mass is 260 g/mol. The van der Waals surface area contributed by atoms with Gasteiger partial charge in [0.05, 0.1) is 12.1 Å². The number of aryl methyl sites for hydroxylation is 1. The number of hydrogen-bond acceptors (Lipinski definition) is 4. The predicted octanol–water partition coefficient (Wildman–Crippen LogP) is 1.69. The lowest BCUT2D eigenvalue weighted by molar-refractivity contribution is 0.0508. The summed E-state index contributed by atoms with van der Waals surface area (Å²) in [6, 6.07) is 6.56. The number of ether oxygens (including phenoxy) is 1. The van der Waals surface area contributed by atoms with Crippen LogP contribution >= 0.6 is 0 Å². The van der Waals surface area contributed by atoms with Gasteiger partial charge in [-0.2, -0.15) is 0 Å². The second-order valence-electron chi connectivity index (χ2n) is 4.33. The van der Waals surface area contributed by atoms with Crippen LogP contribution in [0.1, 0.15) is 23.7 Å². The van der Waals surface area contributed by atoms with Crippen LogP contribution in [-0.4, -0.2) is 17.1 Å². The Labute approximate surface area is 110 Å². The van der Waals surface area contributed by atoms with Crippen molar-refractivity contribution >= 4 is 22.6 Å². The van der Waals surface area contributed by atoms with Gasteiger partial charge in [-0.3, -0.25) is 4.79 Å². The molecule has 1 aromatic carbocycles. The Morgan fingerprint density at radius 1 is 1.32 bits per heavy atom. The number of benzene rings is 1. The summed E-state index contributed by atoms with van der Waals surface area (Å²) in [7, 11) is 1.61. The minimum absolute atomic E-state index is 0.192. The maximum absolute atomic E-state index is 12.1. The second-order valence-corrected chi connectivity index (χ2v) is 4.33. The van der Waals surface area contributed by atoms with Crippen molar-refractivity contribution < 1.29 is 9.53 Å². The highest BCUT2D eigenvalue weighted by Crippen LogP contribution is 2.23. The van der Waals surface area contributed by atoms with Crippen LogP contribution in [0.2, 0.25) is 0 Å². The van der Waals surface area contributed by atoms with Gasteiger partial charge in [0.2, 0.25) is 0 Å². The molecule has 0 saturated heterocycles. The van der Waals surface area contributed by atoms with Gasteiger partial charge in [-0.25, -0.2) is 4.79 Å². The summed E-state index contributed by atoms with van der Waals surface area (Å²) in [6.07, 6.45) is 0.731. The first kappa shape index (κ1) is 13.1. The lowest BCUT2D eigenvalue weighted by Crippen LogP contribution is -2.19. The summed E-state index contributed by atoms with van der Waals surface area (Å²) in [6.45, 7) is 2.24. The highest BCUT2D eigenvalue weighted by Gasteiger charge is 2.17. The summed E-state index contributed by atoms with van der Waals surface area (Å²) in [5.41, 5.74) is 6.75. The smallest absolute Gasteiger partial charge is 0.342 e. The summed E-state index contributed by atoms with van der Waals surface area (Å²) in [5.74, 6) is -0.494. The lowest BCUT2D eigenvalue weighted by atomic mass is 10.1. The fourth-order valence-electron chi connectivity index (χ4n) is 1.98. The van der Waals surface area contributed by atoms with Crippen molar-refractivity contribution in [3.05, 3.63) is 40.2 Å². The highest BCUT2D eigenvalue weighted by molar-refractivity contribution is 6.07. The number of esters is 1. The number of pyridine rings is 1. The van der Waals surface area contributed by atoms with Gasteiger partial charge in [0.15, 0.2) is 0 Å². The molecular weight excluding hydrogens is 244 g/mol. The van der Waals surface area contributed by atoms with Crippen molar-refractivity contribution in [1.29, 1.82) is 0 Å². The first-order chi connectivity index (χ1) is 9.06. The number of rotatable bonds is 3. The Kier molecular flexibility index (Phi) is 3.55. The zero-order valence-corrected chi connectivity index (χ0v) is 11.0. The molecule has 19 heavy (non-hydrogen) atoms. The molecule has 1 aromatic heterocycles. The molecule has 5 nitrogen and oxygen atoms in total. The topological polar surface area (TPSA) is 74.3 Å². The van der Waals surface area contributed by atoms with E-state index in [1.807, 2.05) is 6.92 Å². The van der Waals surface area contributed by atoms with E-state index < -0.39 is 5.97 Å². The average Bonchev–Trinajstić information content (AvgIpc) is 2.40. The zero-order chi connectivity index (χ0) is 14.0. The quantitative estimate of drug-likeness (QED) is 0.673. The van der Waals surface area contributed by atoms with E-state index in [0.29, 0.717) is 17.8 Å².